The molecule has 0 unspecified atom stereocenters. The van der Waals surface area contributed by atoms with E-state index in [0.29, 0.717) is 11.7 Å². The average molecular weight is 337 g/mol. The topological polar surface area (TPSA) is 57.0 Å². The van der Waals surface area contributed by atoms with Gasteiger partial charge in [-0.1, -0.05) is 36.4 Å². The Kier molecular flexibility index (Phi) is 7.88. The van der Waals surface area contributed by atoms with Gasteiger partial charge in [-0.3, -0.25) is 15.6 Å². The van der Waals surface area contributed by atoms with Gasteiger partial charge in [-0.2, -0.15) is 4.57 Å². The van der Waals surface area contributed by atoms with Gasteiger partial charge < -0.3 is 17.7 Å². The Balaban J connectivity index is 0.00000242. The lowest BCUT2D eigenvalue weighted by Gasteiger charge is -2.10. The van der Waals surface area contributed by atoms with Crippen LogP contribution in [0.15, 0.2) is 60.9 Å². The first-order valence-electron chi connectivity index (χ1n) is 6.55. The minimum absolute atomic E-state index is 0. The molecule has 0 aliphatic heterocycles. The molecule has 116 valence electrons. The molecule has 1 aromatic heterocycles. The average Bonchev–Trinajstić information content (AvgIpc) is 2.53. The monoisotopic (exact) mass is 336 g/mol. The fourth-order valence-electron chi connectivity index (χ4n) is 1.69. The number of pyridine rings is 1. The summed E-state index contributed by atoms with van der Waals surface area (Å²) >= 11 is 5.09. The van der Waals surface area contributed by atoms with Crippen molar-refractivity contribution in [1.82, 2.24) is 16.2 Å². The molecule has 0 aliphatic rings. The fraction of sp³-hybridized carbons (Fsp3) is 0.133. The van der Waals surface area contributed by atoms with E-state index < -0.39 is 0 Å². The molecule has 0 radical (unpaired) electrons. The number of hydrogen-bond donors (Lipinski definition) is 3. The lowest BCUT2D eigenvalue weighted by atomic mass is 10.2. The molecule has 1 amide bonds. The number of rotatable bonds is 4. The molecule has 2 rings (SSSR count). The third-order valence-electron chi connectivity index (χ3n) is 2.71. The SMILES string of the molecule is O=C(C[n+]1ccccc1)NNC(=S)NCc1ccccc1.[Cl-]. The third kappa shape index (κ3) is 6.51. The van der Waals surface area contributed by atoms with Crippen LogP contribution in [-0.4, -0.2) is 11.0 Å². The molecule has 0 fully saturated rings. The Hall–Kier alpha value is -2.18. The van der Waals surface area contributed by atoms with Crippen molar-refractivity contribution in [2.75, 3.05) is 0 Å². The molecule has 3 N–H and O–H groups in total. The normalized spacial score (nSPS) is 9.27. The van der Waals surface area contributed by atoms with E-state index in [-0.39, 0.29) is 24.9 Å². The van der Waals surface area contributed by atoms with Gasteiger partial charge in [0.2, 0.25) is 6.54 Å². The predicted octanol–water partition coefficient (Wildman–Crippen LogP) is -2.33. The van der Waals surface area contributed by atoms with Crippen LogP contribution in [0, 0.1) is 0 Å². The molecule has 0 saturated carbocycles. The van der Waals surface area contributed by atoms with Crippen molar-refractivity contribution in [3.05, 3.63) is 66.5 Å². The molecule has 1 heterocycles. The summed E-state index contributed by atoms with van der Waals surface area (Å²) in [5.41, 5.74) is 6.35. The summed E-state index contributed by atoms with van der Waals surface area (Å²) in [6.45, 7) is 0.838. The Morgan fingerprint density at radius 3 is 2.32 bits per heavy atom. The first-order valence-corrected chi connectivity index (χ1v) is 6.95. The van der Waals surface area contributed by atoms with Gasteiger partial charge in [-0.15, -0.1) is 0 Å². The molecule has 22 heavy (non-hydrogen) atoms. The second-order valence-corrected chi connectivity index (χ2v) is 4.80. The van der Waals surface area contributed by atoms with Gasteiger partial charge in [0.05, 0.1) is 0 Å². The maximum atomic E-state index is 11.7. The van der Waals surface area contributed by atoms with Gasteiger partial charge in [0.25, 0.3) is 0 Å². The predicted molar refractivity (Wildman–Crippen MR) is 83.8 cm³/mol. The van der Waals surface area contributed by atoms with Crippen LogP contribution in [-0.2, 0) is 17.9 Å². The number of benzene rings is 1. The first-order chi connectivity index (χ1) is 10.2. The van der Waals surface area contributed by atoms with Crippen LogP contribution in [0.3, 0.4) is 0 Å². The Morgan fingerprint density at radius 2 is 1.64 bits per heavy atom. The lowest BCUT2D eigenvalue weighted by Crippen LogP contribution is -3.00. The number of hydrogen-bond acceptors (Lipinski definition) is 2. The quantitative estimate of drug-likeness (QED) is 0.333. The molecule has 0 atom stereocenters. The van der Waals surface area contributed by atoms with Crippen LogP contribution in [0.1, 0.15) is 5.56 Å². The van der Waals surface area contributed by atoms with Crippen molar-refractivity contribution in [3.63, 3.8) is 0 Å². The summed E-state index contributed by atoms with van der Waals surface area (Å²) in [4.78, 5) is 11.7. The Labute approximate surface area is 141 Å². The highest BCUT2D eigenvalue weighted by molar-refractivity contribution is 7.80. The number of carbonyl (C=O) groups excluding carboxylic acids is 1. The molecular formula is C15H17ClN4OS. The van der Waals surface area contributed by atoms with E-state index >= 15 is 0 Å². The van der Waals surface area contributed by atoms with E-state index in [1.54, 1.807) is 4.57 Å². The molecule has 0 bridgehead atoms. The number of aromatic nitrogens is 1. The minimum Gasteiger partial charge on any atom is -1.00 e. The molecule has 1 aromatic carbocycles. The van der Waals surface area contributed by atoms with Crippen LogP contribution >= 0.6 is 12.2 Å². The van der Waals surface area contributed by atoms with Crippen molar-refractivity contribution in [3.8, 4) is 0 Å². The number of amides is 1. The van der Waals surface area contributed by atoms with E-state index in [9.17, 15) is 4.79 Å². The largest absolute Gasteiger partial charge is 1.00 e. The fourth-order valence-corrected chi connectivity index (χ4v) is 1.82. The molecule has 0 aliphatic carbocycles. The minimum atomic E-state index is -0.171. The van der Waals surface area contributed by atoms with Crippen LogP contribution in [0.25, 0.3) is 0 Å². The second-order valence-electron chi connectivity index (χ2n) is 4.39. The number of carbonyl (C=O) groups is 1. The van der Waals surface area contributed by atoms with Crippen LogP contribution in [0.2, 0.25) is 0 Å². The summed E-state index contributed by atoms with van der Waals surface area (Å²) < 4.78 is 1.78. The van der Waals surface area contributed by atoms with Gasteiger partial charge >= 0.3 is 5.91 Å². The van der Waals surface area contributed by atoms with Crippen molar-refractivity contribution in [2.45, 2.75) is 13.1 Å². The number of halogens is 1. The van der Waals surface area contributed by atoms with Crippen molar-refractivity contribution < 1.29 is 21.8 Å². The zero-order valence-corrected chi connectivity index (χ0v) is 13.4. The van der Waals surface area contributed by atoms with E-state index in [1.807, 2.05) is 60.9 Å². The number of hydrazine groups is 1. The highest BCUT2D eigenvalue weighted by Gasteiger charge is 2.08. The number of nitrogens with zero attached hydrogens (tertiary/aromatic N) is 1. The van der Waals surface area contributed by atoms with E-state index in [4.69, 9.17) is 12.2 Å². The number of nitrogens with one attached hydrogen (secondary N) is 3. The first kappa shape index (κ1) is 17.9. The summed E-state index contributed by atoms with van der Waals surface area (Å²) in [5.74, 6) is -0.171. The number of thiocarbonyl (C=S) groups is 1. The Morgan fingerprint density at radius 1 is 1.00 bits per heavy atom. The summed E-state index contributed by atoms with van der Waals surface area (Å²) in [5, 5.41) is 3.40. The highest BCUT2D eigenvalue weighted by atomic mass is 35.5. The summed E-state index contributed by atoms with van der Waals surface area (Å²) in [6, 6.07) is 15.5. The van der Waals surface area contributed by atoms with Crippen LogP contribution in [0.4, 0.5) is 0 Å². The van der Waals surface area contributed by atoms with Gasteiger partial charge in [-0.05, 0) is 17.8 Å². The third-order valence-corrected chi connectivity index (χ3v) is 2.96. The van der Waals surface area contributed by atoms with Gasteiger partial charge in [0.1, 0.15) is 0 Å². The van der Waals surface area contributed by atoms with Crippen LogP contribution < -0.4 is 33.1 Å². The zero-order valence-electron chi connectivity index (χ0n) is 11.8. The second kappa shape index (κ2) is 9.70. The van der Waals surface area contributed by atoms with E-state index in [0.717, 1.165) is 5.56 Å². The maximum Gasteiger partial charge on any atom is 0.304 e. The molecule has 7 heteroatoms. The summed E-state index contributed by atoms with van der Waals surface area (Å²) in [7, 11) is 0. The molecule has 0 spiro atoms. The van der Waals surface area contributed by atoms with Gasteiger partial charge in [-0.25, -0.2) is 0 Å². The smallest absolute Gasteiger partial charge is 0.304 e. The lowest BCUT2D eigenvalue weighted by molar-refractivity contribution is -0.684. The van der Waals surface area contributed by atoms with E-state index in [1.165, 1.54) is 0 Å². The standard InChI is InChI=1S/C15H16N4OS.ClH/c20-14(12-19-9-5-2-6-10-19)17-18-15(21)16-11-13-7-3-1-4-8-13;/h1-10H,11-12H2,(H2-,16,17,18,20,21);1H. The Bertz CT molecular complexity index is 595. The van der Waals surface area contributed by atoms with Gasteiger partial charge in [0, 0.05) is 18.7 Å². The van der Waals surface area contributed by atoms with Crippen molar-refractivity contribution >= 4 is 23.2 Å². The van der Waals surface area contributed by atoms with Crippen LogP contribution in [0.5, 0.6) is 0 Å². The summed E-state index contributed by atoms with van der Waals surface area (Å²) in [6.07, 6.45) is 3.65. The maximum absolute atomic E-state index is 11.7. The molecule has 5 nitrogen and oxygen atoms in total. The van der Waals surface area contributed by atoms with E-state index in [2.05, 4.69) is 16.2 Å². The zero-order chi connectivity index (χ0) is 14.9. The molecular weight excluding hydrogens is 320 g/mol. The molecule has 0 saturated heterocycles. The van der Waals surface area contributed by atoms with Gasteiger partial charge in [0.15, 0.2) is 17.5 Å². The highest BCUT2D eigenvalue weighted by Crippen LogP contribution is 1.96. The van der Waals surface area contributed by atoms with Crippen molar-refractivity contribution in [1.29, 1.82) is 0 Å². The van der Waals surface area contributed by atoms with Crippen molar-refractivity contribution in [2.24, 2.45) is 0 Å². The molecule has 2 aromatic rings.